The number of benzene rings is 1. The second-order valence-electron chi connectivity index (χ2n) is 4.08. The largest absolute Gasteiger partial charge is 0.349 e. The van der Waals surface area contributed by atoms with Crippen molar-refractivity contribution in [3.05, 3.63) is 32.4 Å². The van der Waals surface area contributed by atoms with Gasteiger partial charge in [-0.05, 0) is 53.6 Å². The fourth-order valence-electron chi connectivity index (χ4n) is 2.00. The quantitative estimate of drug-likeness (QED) is 0.812. The van der Waals surface area contributed by atoms with E-state index >= 15 is 0 Å². The van der Waals surface area contributed by atoms with Crippen LogP contribution in [0.4, 0.5) is 0 Å². The van der Waals surface area contributed by atoms with Gasteiger partial charge >= 0.3 is 0 Å². The molecule has 0 saturated heterocycles. The summed E-state index contributed by atoms with van der Waals surface area (Å²) in [4.78, 5) is 12.0. The van der Waals surface area contributed by atoms with Crippen LogP contribution < -0.4 is 5.32 Å². The monoisotopic (exact) mass is 349 g/mol. The molecule has 1 aromatic carbocycles. The lowest BCUT2D eigenvalue weighted by Crippen LogP contribution is -2.32. The van der Waals surface area contributed by atoms with E-state index in [2.05, 4.69) is 27.9 Å². The summed E-state index contributed by atoms with van der Waals surface area (Å²) in [6.07, 6.45) is 4.61. The molecular formula is C12H13ClINO. The number of carbonyl (C=O) groups excluding carboxylic acids is 1. The van der Waals surface area contributed by atoms with Crippen molar-refractivity contribution in [1.82, 2.24) is 5.32 Å². The Kier molecular flexibility index (Phi) is 4.08. The summed E-state index contributed by atoms with van der Waals surface area (Å²) >= 11 is 8.19. The van der Waals surface area contributed by atoms with Gasteiger partial charge in [-0.15, -0.1) is 0 Å². The first kappa shape index (κ1) is 12.2. The Morgan fingerprint density at radius 2 is 2.06 bits per heavy atom. The van der Waals surface area contributed by atoms with Gasteiger partial charge in [0.2, 0.25) is 0 Å². The molecule has 2 nitrogen and oxygen atoms in total. The summed E-state index contributed by atoms with van der Waals surface area (Å²) in [5, 5.41) is 3.56. The molecule has 1 N–H and O–H groups in total. The van der Waals surface area contributed by atoms with E-state index < -0.39 is 0 Å². The lowest BCUT2D eigenvalue weighted by Gasteiger charge is -2.12. The minimum absolute atomic E-state index is 0.0459. The van der Waals surface area contributed by atoms with Crippen LogP contribution in [-0.2, 0) is 0 Å². The van der Waals surface area contributed by atoms with Gasteiger partial charge in [0.25, 0.3) is 5.91 Å². The van der Waals surface area contributed by atoms with Crippen LogP contribution in [0.5, 0.6) is 0 Å². The summed E-state index contributed by atoms with van der Waals surface area (Å²) in [7, 11) is 0. The zero-order chi connectivity index (χ0) is 11.5. The number of nitrogens with one attached hydrogen (secondary N) is 1. The summed E-state index contributed by atoms with van der Waals surface area (Å²) in [5.74, 6) is -0.0459. The molecule has 2 rings (SSSR count). The molecule has 1 fully saturated rings. The predicted molar refractivity (Wildman–Crippen MR) is 73.9 cm³/mol. The molecule has 0 heterocycles. The van der Waals surface area contributed by atoms with Crippen LogP contribution in [0.1, 0.15) is 36.0 Å². The number of rotatable bonds is 2. The van der Waals surface area contributed by atoms with Gasteiger partial charge in [0.15, 0.2) is 0 Å². The van der Waals surface area contributed by atoms with Crippen molar-refractivity contribution >= 4 is 40.1 Å². The van der Waals surface area contributed by atoms with Crippen LogP contribution in [0, 0.1) is 3.57 Å². The molecule has 86 valence electrons. The molecule has 0 radical (unpaired) electrons. The topological polar surface area (TPSA) is 29.1 Å². The summed E-state index contributed by atoms with van der Waals surface area (Å²) in [6, 6.07) is 5.83. The van der Waals surface area contributed by atoms with Crippen LogP contribution >= 0.6 is 34.2 Å². The smallest absolute Gasteiger partial charge is 0.253 e. The molecule has 0 atom stereocenters. The Labute approximate surface area is 114 Å². The first-order valence-electron chi connectivity index (χ1n) is 5.43. The summed E-state index contributed by atoms with van der Waals surface area (Å²) in [5.41, 5.74) is 0.584. The van der Waals surface area contributed by atoms with E-state index in [-0.39, 0.29) is 5.91 Å². The highest BCUT2D eigenvalue weighted by Gasteiger charge is 2.19. The number of carbonyl (C=O) groups is 1. The molecule has 0 unspecified atom stereocenters. The Balaban J connectivity index is 2.10. The predicted octanol–water partition coefficient (Wildman–Crippen LogP) is 3.62. The molecule has 4 heteroatoms. The third kappa shape index (κ3) is 2.88. The van der Waals surface area contributed by atoms with Crippen molar-refractivity contribution < 1.29 is 4.79 Å². The SMILES string of the molecule is O=C(NC1CCCC1)c1cc(I)ccc1Cl. The van der Waals surface area contributed by atoms with E-state index in [0.29, 0.717) is 16.6 Å². The fraction of sp³-hybridized carbons (Fsp3) is 0.417. The molecule has 1 amide bonds. The minimum Gasteiger partial charge on any atom is -0.349 e. The Hall–Kier alpha value is -0.290. The Morgan fingerprint density at radius 1 is 1.38 bits per heavy atom. The van der Waals surface area contributed by atoms with Crippen LogP contribution in [0.2, 0.25) is 5.02 Å². The van der Waals surface area contributed by atoms with Crippen LogP contribution in [0.3, 0.4) is 0 Å². The molecule has 0 bridgehead atoms. The van der Waals surface area contributed by atoms with Crippen LogP contribution in [-0.4, -0.2) is 11.9 Å². The van der Waals surface area contributed by atoms with Crippen molar-refractivity contribution in [3.63, 3.8) is 0 Å². The number of halogens is 2. The second-order valence-corrected chi connectivity index (χ2v) is 5.73. The molecule has 1 aliphatic carbocycles. The summed E-state index contributed by atoms with van der Waals surface area (Å²) < 4.78 is 1.03. The van der Waals surface area contributed by atoms with Crippen LogP contribution in [0.15, 0.2) is 18.2 Å². The maximum absolute atomic E-state index is 12.0. The van der Waals surface area contributed by atoms with E-state index in [0.717, 1.165) is 16.4 Å². The maximum Gasteiger partial charge on any atom is 0.253 e. The Morgan fingerprint density at radius 3 is 2.75 bits per heavy atom. The van der Waals surface area contributed by atoms with E-state index in [1.807, 2.05) is 12.1 Å². The lowest BCUT2D eigenvalue weighted by atomic mass is 10.2. The molecule has 1 aliphatic rings. The summed E-state index contributed by atoms with van der Waals surface area (Å²) in [6.45, 7) is 0. The highest BCUT2D eigenvalue weighted by atomic mass is 127. The average molecular weight is 350 g/mol. The molecule has 0 spiro atoms. The average Bonchev–Trinajstić information content (AvgIpc) is 2.74. The lowest BCUT2D eigenvalue weighted by molar-refractivity contribution is 0.0938. The van der Waals surface area contributed by atoms with E-state index in [4.69, 9.17) is 11.6 Å². The van der Waals surface area contributed by atoms with E-state index in [1.165, 1.54) is 12.8 Å². The van der Waals surface area contributed by atoms with Crippen molar-refractivity contribution in [2.45, 2.75) is 31.7 Å². The third-order valence-electron chi connectivity index (χ3n) is 2.86. The van der Waals surface area contributed by atoms with Gasteiger partial charge in [-0.25, -0.2) is 0 Å². The maximum atomic E-state index is 12.0. The van der Waals surface area contributed by atoms with Gasteiger partial charge in [-0.1, -0.05) is 24.4 Å². The van der Waals surface area contributed by atoms with Gasteiger partial charge in [-0.2, -0.15) is 0 Å². The number of amides is 1. The van der Waals surface area contributed by atoms with Gasteiger partial charge in [0.1, 0.15) is 0 Å². The highest BCUT2D eigenvalue weighted by molar-refractivity contribution is 14.1. The highest BCUT2D eigenvalue weighted by Crippen LogP contribution is 2.21. The van der Waals surface area contributed by atoms with E-state index in [1.54, 1.807) is 6.07 Å². The Bertz CT molecular complexity index is 402. The number of hydrogen-bond donors (Lipinski definition) is 1. The van der Waals surface area contributed by atoms with Gasteiger partial charge in [0, 0.05) is 9.61 Å². The normalized spacial score (nSPS) is 16.4. The van der Waals surface area contributed by atoms with Gasteiger partial charge < -0.3 is 5.32 Å². The molecule has 16 heavy (non-hydrogen) atoms. The second kappa shape index (κ2) is 5.36. The standard InChI is InChI=1S/C12H13ClINO/c13-11-6-5-8(14)7-10(11)12(16)15-9-3-1-2-4-9/h5-7,9H,1-4H2,(H,15,16). The van der Waals surface area contributed by atoms with Crippen molar-refractivity contribution in [1.29, 1.82) is 0 Å². The molecular weight excluding hydrogens is 336 g/mol. The first-order valence-corrected chi connectivity index (χ1v) is 6.88. The molecule has 0 aliphatic heterocycles. The van der Waals surface area contributed by atoms with Crippen molar-refractivity contribution in [2.24, 2.45) is 0 Å². The molecule has 1 saturated carbocycles. The fourth-order valence-corrected chi connectivity index (χ4v) is 2.70. The molecule has 1 aromatic rings. The third-order valence-corrected chi connectivity index (χ3v) is 3.86. The van der Waals surface area contributed by atoms with Crippen molar-refractivity contribution in [3.8, 4) is 0 Å². The van der Waals surface area contributed by atoms with Crippen molar-refractivity contribution in [2.75, 3.05) is 0 Å². The van der Waals surface area contributed by atoms with Crippen LogP contribution in [0.25, 0.3) is 0 Å². The minimum atomic E-state index is -0.0459. The molecule has 0 aromatic heterocycles. The van der Waals surface area contributed by atoms with E-state index in [9.17, 15) is 4.79 Å². The zero-order valence-electron chi connectivity index (χ0n) is 8.80. The van der Waals surface area contributed by atoms with Gasteiger partial charge in [0.05, 0.1) is 10.6 Å². The zero-order valence-corrected chi connectivity index (χ0v) is 11.7. The van der Waals surface area contributed by atoms with Gasteiger partial charge in [-0.3, -0.25) is 4.79 Å². The number of hydrogen-bond acceptors (Lipinski definition) is 1. The first-order chi connectivity index (χ1) is 7.66.